The number of carbonyl (C=O) groups is 2. The molecule has 23 heavy (non-hydrogen) atoms. The van der Waals surface area contributed by atoms with E-state index >= 15 is 0 Å². The quantitative estimate of drug-likeness (QED) is 0.871. The maximum atomic E-state index is 12.7. The van der Waals surface area contributed by atoms with Gasteiger partial charge in [0.25, 0.3) is 5.91 Å². The van der Waals surface area contributed by atoms with Gasteiger partial charge < -0.3 is 10.1 Å². The number of hydrogen-bond donors (Lipinski definition) is 1. The van der Waals surface area contributed by atoms with Crippen molar-refractivity contribution in [1.29, 1.82) is 0 Å². The lowest BCUT2D eigenvalue weighted by molar-refractivity contribution is -0.0167. The largest absolute Gasteiger partial charge is 0.464 e. The average molecular weight is 314 g/mol. The Hall–Kier alpha value is -1.91. The number of nitrogens with zero attached hydrogens (tertiary/aromatic N) is 1. The normalized spacial score (nSPS) is 34.2. The van der Waals surface area contributed by atoms with Crippen molar-refractivity contribution in [1.82, 2.24) is 10.3 Å². The minimum atomic E-state index is -0.519. The molecule has 1 N–H and O–H groups in total. The molecular formula is C18H22N2O3. The average Bonchev–Trinajstić information content (AvgIpc) is 2.52. The van der Waals surface area contributed by atoms with E-state index < -0.39 is 5.97 Å². The maximum Gasteiger partial charge on any atom is 0.356 e. The van der Waals surface area contributed by atoms with Crippen molar-refractivity contribution < 1.29 is 14.3 Å². The fourth-order valence-electron chi connectivity index (χ4n) is 5.35. The van der Waals surface area contributed by atoms with Gasteiger partial charge >= 0.3 is 5.97 Å². The van der Waals surface area contributed by atoms with Crippen LogP contribution in [0, 0.1) is 17.8 Å². The summed E-state index contributed by atoms with van der Waals surface area (Å²) in [6.45, 7) is 0. The number of ether oxygens (including phenoxy) is 1. The standard InChI is InChI=1S/C18H22N2O3/c1-23-17(22)15-4-2-3-14(19-15)16(21)20-18-8-11-5-12(9-18)7-13(6-11)10-18/h2-4,11-13H,5-10H2,1H3,(H,20,21). The number of carbonyl (C=O) groups excluding carboxylic acids is 2. The van der Waals surface area contributed by atoms with Crippen LogP contribution in [0.15, 0.2) is 18.2 Å². The highest BCUT2D eigenvalue weighted by Gasteiger charge is 2.51. The van der Waals surface area contributed by atoms with Crippen molar-refractivity contribution in [3.63, 3.8) is 0 Å². The van der Waals surface area contributed by atoms with E-state index in [1.54, 1.807) is 18.2 Å². The minimum Gasteiger partial charge on any atom is -0.464 e. The van der Waals surface area contributed by atoms with Crippen molar-refractivity contribution in [2.75, 3.05) is 7.11 Å². The molecule has 1 aromatic rings. The van der Waals surface area contributed by atoms with Crippen LogP contribution in [-0.2, 0) is 4.74 Å². The summed E-state index contributed by atoms with van der Waals surface area (Å²) >= 11 is 0. The number of hydrogen-bond acceptors (Lipinski definition) is 4. The van der Waals surface area contributed by atoms with E-state index in [2.05, 4.69) is 15.0 Å². The van der Waals surface area contributed by atoms with Crippen LogP contribution < -0.4 is 5.32 Å². The number of methoxy groups -OCH3 is 1. The van der Waals surface area contributed by atoms with E-state index in [0.717, 1.165) is 37.0 Å². The highest BCUT2D eigenvalue weighted by Crippen LogP contribution is 2.55. The van der Waals surface area contributed by atoms with Gasteiger partial charge in [0.1, 0.15) is 11.4 Å². The van der Waals surface area contributed by atoms with E-state index in [9.17, 15) is 9.59 Å². The number of rotatable bonds is 3. The third kappa shape index (κ3) is 2.62. The highest BCUT2D eigenvalue weighted by molar-refractivity contribution is 5.95. The van der Waals surface area contributed by atoms with Crippen molar-refractivity contribution in [2.45, 2.75) is 44.1 Å². The molecule has 122 valence electrons. The number of esters is 1. The molecule has 5 rings (SSSR count). The van der Waals surface area contributed by atoms with Crippen molar-refractivity contribution in [2.24, 2.45) is 17.8 Å². The Kier molecular flexibility index (Phi) is 3.39. The third-order valence-corrected chi connectivity index (χ3v) is 5.79. The molecule has 0 aromatic carbocycles. The number of pyridine rings is 1. The van der Waals surface area contributed by atoms with Gasteiger partial charge in [-0.05, 0) is 68.4 Å². The van der Waals surface area contributed by atoms with Gasteiger partial charge in [0.15, 0.2) is 0 Å². The molecule has 5 nitrogen and oxygen atoms in total. The van der Waals surface area contributed by atoms with E-state index in [4.69, 9.17) is 0 Å². The molecule has 1 heterocycles. The molecule has 0 saturated heterocycles. The highest BCUT2D eigenvalue weighted by atomic mass is 16.5. The Balaban J connectivity index is 1.53. The smallest absolute Gasteiger partial charge is 0.356 e. The maximum absolute atomic E-state index is 12.7. The lowest BCUT2D eigenvalue weighted by atomic mass is 9.53. The van der Waals surface area contributed by atoms with Gasteiger partial charge in [0.2, 0.25) is 0 Å². The summed E-state index contributed by atoms with van der Waals surface area (Å²) in [5, 5.41) is 3.27. The summed E-state index contributed by atoms with van der Waals surface area (Å²) < 4.78 is 4.67. The van der Waals surface area contributed by atoms with Crippen LogP contribution in [0.25, 0.3) is 0 Å². The van der Waals surface area contributed by atoms with Gasteiger partial charge in [-0.3, -0.25) is 4.79 Å². The van der Waals surface area contributed by atoms with Gasteiger partial charge in [0, 0.05) is 5.54 Å². The molecular weight excluding hydrogens is 292 g/mol. The topological polar surface area (TPSA) is 68.3 Å². The molecule has 4 bridgehead atoms. The van der Waals surface area contributed by atoms with E-state index in [-0.39, 0.29) is 17.1 Å². The monoisotopic (exact) mass is 314 g/mol. The summed E-state index contributed by atoms with van der Waals surface area (Å²) in [6.07, 6.45) is 7.31. The SMILES string of the molecule is COC(=O)c1cccc(C(=O)NC23CC4CC(CC(C4)C2)C3)n1. The van der Waals surface area contributed by atoms with Crippen LogP contribution in [0.2, 0.25) is 0 Å². The zero-order valence-corrected chi connectivity index (χ0v) is 13.4. The first-order valence-electron chi connectivity index (χ1n) is 8.45. The Morgan fingerprint density at radius 3 is 2.22 bits per heavy atom. The summed E-state index contributed by atoms with van der Waals surface area (Å²) in [7, 11) is 1.31. The summed E-state index contributed by atoms with van der Waals surface area (Å²) in [5.74, 6) is 1.63. The minimum absolute atomic E-state index is 0.0468. The zero-order chi connectivity index (χ0) is 16.0. The van der Waals surface area contributed by atoms with Gasteiger partial charge in [-0.1, -0.05) is 6.07 Å². The van der Waals surface area contributed by atoms with E-state index in [1.165, 1.54) is 26.4 Å². The van der Waals surface area contributed by atoms with Gasteiger partial charge in [-0.15, -0.1) is 0 Å². The first kappa shape index (κ1) is 14.7. The van der Waals surface area contributed by atoms with Crippen molar-refractivity contribution in [3.8, 4) is 0 Å². The van der Waals surface area contributed by atoms with Gasteiger partial charge in [-0.25, -0.2) is 9.78 Å². The molecule has 1 aromatic heterocycles. The van der Waals surface area contributed by atoms with Crippen LogP contribution in [0.3, 0.4) is 0 Å². The first-order valence-corrected chi connectivity index (χ1v) is 8.45. The molecule has 5 heteroatoms. The Morgan fingerprint density at radius 2 is 1.65 bits per heavy atom. The van der Waals surface area contributed by atoms with Crippen molar-refractivity contribution in [3.05, 3.63) is 29.6 Å². The van der Waals surface area contributed by atoms with Gasteiger partial charge in [-0.2, -0.15) is 0 Å². The lowest BCUT2D eigenvalue weighted by Crippen LogP contribution is -2.59. The predicted octanol–water partition coefficient (Wildman–Crippen LogP) is 2.57. The molecule has 1 amide bonds. The molecule has 0 spiro atoms. The summed E-state index contributed by atoms with van der Waals surface area (Å²) in [5.41, 5.74) is 0.420. The lowest BCUT2D eigenvalue weighted by Gasteiger charge is -2.56. The molecule has 4 saturated carbocycles. The number of aromatic nitrogens is 1. The Bertz CT molecular complexity index is 620. The molecule has 0 aliphatic heterocycles. The van der Waals surface area contributed by atoms with Crippen LogP contribution in [0.5, 0.6) is 0 Å². The van der Waals surface area contributed by atoms with Crippen LogP contribution >= 0.6 is 0 Å². The van der Waals surface area contributed by atoms with Crippen LogP contribution in [0.4, 0.5) is 0 Å². The Labute approximate surface area is 135 Å². The molecule has 0 radical (unpaired) electrons. The first-order chi connectivity index (χ1) is 11.1. The molecule has 4 fully saturated rings. The zero-order valence-electron chi connectivity index (χ0n) is 13.4. The molecule has 4 aliphatic carbocycles. The molecule has 0 atom stereocenters. The number of amides is 1. The fraction of sp³-hybridized carbons (Fsp3) is 0.611. The van der Waals surface area contributed by atoms with Crippen LogP contribution in [0.1, 0.15) is 59.5 Å². The second-order valence-corrected chi connectivity index (χ2v) is 7.55. The molecule has 4 aliphatic rings. The van der Waals surface area contributed by atoms with Crippen LogP contribution in [-0.4, -0.2) is 29.5 Å². The van der Waals surface area contributed by atoms with E-state index in [0.29, 0.717) is 5.69 Å². The fourth-order valence-corrected chi connectivity index (χ4v) is 5.35. The second kappa shape index (κ2) is 5.32. The van der Waals surface area contributed by atoms with E-state index in [1.807, 2.05) is 0 Å². The second-order valence-electron chi connectivity index (χ2n) is 7.55. The Morgan fingerprint density at radius 1 is 1.09 bits per heavy atom. The van der Waals surface area contributed by atoms with Gasteiger partial charge in [0.05, 0.1) is 7.11 Å². The molecule has 0 unspecified atom stereocenters. The summed E-state index contributed by atoms with van der Waals surface area (Å²) in [4.78, 5) is 28.4. The predicted molar refractivity (Wildman–Crippen MR) is 83.9 cm³/mol. The van der Waals surface area contributed by atoms with Crippen molar-refractivity contribution >= 4 is 11.9 Å². The third-order valence-electron chi connectivity index (χ3n) is 5.79. The summed E-state index contributed by atoms with van der Waals surface area (Å²) in [6, 6.07) is 4.89. The number of nitrogens with one attached hydrogen (secondary N) is 1.